The van der Waals surface area contributed by atoms with E-state index in [2.05, 4.69) is 15.3 Å². The lowest BCUT2D eigenvalue weighted by Gasteiger charge is -2.26. The molecule has 6 nitrogen and oxygen atoms in total. The lowest BCUT2D eigenvalue weighted by atomic mass is 10.1. The zero-order valence-corrected chi connectivity index (χ0v) is 15.5. The van der Waals surface area contributed by atoms with Crippen molar-refractivity contribution >= 4 is 11.6 Å². The maximum atomic E-state index is 12.5. The first-order valence-corrected chi connectivity index (χ1v) is 9.22. The van der Waals surface area contributed by atoms with E-state index in [1.165, 1.54) is 41.6 Å². The zero-order valence-electron chi connectivity index (χ0n) is 15.5. The predicted molar refractivity (Wildman–Crippen MR) is 103 cm³/mol. The Balaban J connectivity index is 1.68. The summed E-state index contributed by atoms with van der Waals surface area (Å²) in [5.74, 6) is -0.306. The van der Waals surface area contributed by atoms with E-state index in [0.717, 1.165) is 30.9 Å². The number of anilines is 1. The number of hydrogen-bond acceptors (Lipinski definition) is 4. The van der Waals surface area contributed by atoms with Crippen molar-refractivity contribution in [1.29, 1.82) is 0 Å². The number of aromatic nitrogens is 2. The molecule has 1 aliphatic heterocycles. The Kier molecular flexibility index (Phi) is 5.83. The molecule has 1 aromatic heterocycles. The van der Waals surface area contributed by atoms with Gasteiger partial charge in [0.1, 0.15) is 5.69 Å². The number of amides is 1. The summed E-state index contributed by atoms with van der Waals surface area (Å²) in [6, 6.07) is 8.67. The molecule has 0 radical (unpaired) electrons. The van der Waals surface area contributed by atoms with E-state index < -0.39 is 0 Å². The van der Waals surface area contributed by atoms with Crippen LogP contribution in [0.5, 0.6) is 0 Å². The van der Waals surface area contributed by atoms with Crippen molar-refractivity contribution in [3.63, 3.8) is 0 Å². The van der Waals surface area contributed by atoms with Crippen molar-refractivity contribution < 1.29 is 4.79 Å². The van der Waals surface area contributed by atoms with Crippen molar-refractivity contribution in [3.05, 3.63) is 57.5 Å². The number of hydrogen-bond donors (Lipinski definition) is 1. The topological polar surface area (TPSA) is 67.2 Å². The van der Waals surface area contributed by atoms with Crippen LogP contribution in [0.1, 0.15) is 40.9 Å². The summed E-state index contributed by atoms with van der Waals surface area (Å²) in [4.78, 5) is 26.9. The van der Waals surface area contributed by atoms with Gasteiger partial charge in [-0.05, 0) is 69.1 Å². The third kappa shape index (κ3) is 4.58. The lowest BCUT2D eigenvalue weighted by molar-refractivity contribution is 0.101. The van der Waals surface area contributed by atoms with Crippen LogP contribution in [0.15, 0.2) is 35.1 Å². The molecule has 26 heavy (non-hydrogen) atoms. The molecule has 1 aromatic carbocycles. The number of rotatable bonds is 5. The Morgan fingerprint density at radius 1 is 1.04 bits per heavy atom. The van der Waals surface area contributed by atoms with Crippen LogP contribution in [0, 0.1) is 13.8 Å². The van der Waals surface area contributed by atoms with Gasteiger partial charge in [0.05, 0.1) is 6.54 Å². The second kappa shape index (κ2) is 8.27. The summed E-state index contributed by atoms with van der Waals surface area (Å²) in [6.45, 7) is 7.47. The normalized spacial score (nSPS) is 15.0. The first kappa shape index (κ1) is 18.3. The van der Waals surface area contributed by atoms with Crippen LogP contribution < -0.4 is 10.9 Å². The standard InChI is InChI=1S/C20H26N4O2/c1-15-6-7-17(14-16(15)2)21-20(26)18-8-9-19(25)24(22-18)13-12-23-10-4-3-5-11-23/h6-9,14H,3-5,10-13H2,1-2H3,(H,21,26). The highest BCUT2D eigenvalue weighted by atomic mass is 16.2. The van der Waals surface area contributed by atoms with Crippen molar-refractivity contribution in [2.45, 2.75) is 39.7 Å². The molecule has 1 aliphatic rings. The van der Waals surface area contributed by atoms with Crippen molar-refractivity contribution in [2.75, 3.05) is 25.0 Å². The SMILES string of the molecule is Cc1ccc(NC(=O)c2ccc(=O)n(CCN3CCCCC3)n2)cc1C. The Morgan fingerprint density at radius 2 is 1.81 bits per heavy atom. The van der Waals surface area contributed by atoms with Crippen LogP contribution in [-0.2, 0) is 6.54 Å². The van der Waals surface area contributed by atoms with E-state index in [9.17, 15) is 9.59 Å². The quantitative estimate of drug-likeness (QED) is 0.896. The molecular formula is C20H26N4O2. The number of piperidine rings is 1. The van der Waals surface area contributed by atoms with E-state index in [1.807, 2.05) is 32.0 Å². The molecule has 0 bridgehead atoms. The maximum Gasteiger partial charge on any atom is 0.276 e. The largest absolute Gasteiger partial charge is 0.321 e. The molecule has 0 saturated carbocycles. The molecule has 3 rings (SSSR count). The Morgan fingerprint density at radius 3 is 2.54 bits per heavy atom. The summed E-state index contributed by atoms with van der Waals surface area (Å²) in [7, 11) is 0. The molecule has 1 fully saturated rings. The van der Waals surface area contributed by atoms with E-state index in [-0.39, 0.29) is 17.2 Å². The summed E-state index contributed by atoms with van der Waals surface area (Å²) in [6.07, 6.45) is 3.70. The van der Waals surface area contributed by atoms with E-state index in [0.29, 0.717) is 6.54 Å². The van der Waals surface area contributed by atoms with Gasteiger partial charge < -0.3 is 10.2 Å². The second-order valence-electron chi connectivity index (χ2n) is 6.94. The molecule has 2 aromatic rings. The maximum absolute atomic E-state index is 12.5. The van der Waals surface area contributed by atoms with Crippen LogP contribution in [0.2, 0.25) is 0 Å². The van der Waals surface area contributed by atoms with Crippen LogP contribution in [0.4, 0.5) is 5.69 Å². The fraction of sp³-hybridized carbons (Fsp3) is 0.450. The van der Waals surface area contributed by atoms with Crippen molar-refractivity contribution in [3.8, 4) is 0 Å². The van der Waals surface area contributed by atoms with Crippen LogP contribution >= 0.6 is 0 Å². The average molecular weight is 354 g/mol. The Labute approximate surface area is 153 Å². The molecule has 0 unspecified atom stereocenters. The number of aryl methyl sites for hydroxylation is 2. The van der Waals surface area contributed by atoms with Gasteiger partial charge in [-0.3, -0.25) is 9.59 Å². The van der Waals surface area contributed by atoms with Crippen molar-refractivity contribution in [2.24, 2.45) is 0 Å². The van der Waals surface area contributed by atoms with Gasteiger partial charge in [-0.25, -0.2) is 4.68 Å². The molecule has 138 valence electrons. The fourth-order valence-electron chi connectivity index (χ4n) is 3.16. The minimum absolute atomic E-state index is 0.176. The first-order chi connectivity index (χ1) is 12.5. The highest BCUT2D eigenvalue weighted by molar-refractivity contribution is 6.02. The molecule has 0 aliphatic carbocycles. The van der Waals surface area contributed by atoms with Gasteiger partial charge in [0.2, 0.25) is 0 Å². The van der Waals surface area contributed by atoms with Gasteiger partial charge in [-0.2, -0.15) is 5.10 Å². The summed E-state index contributed by atoms with van der Waals surface area (Å²) in [5.41, 5.74) is 3.09. The third-order valence-electron chi connectivity index (χ3n) is 4.94. The van der Waals surface area contributed by atoms with E-state index in [1.54, 1.807) is 0 Å². The molecule has 2 heterocycles. The number of benzene rings is 1. The minimum atomic E-state index is -0.306. The van der Waals surface area contributed by atoms with Crippen LogP contribution in [0.3, 0.4) is 0 Å². The van der Waals surface area contributed by atoms with Gasteiger partial charge in [0, 0.05) is 18.3 Å². The van der Waals surface area contributed by atoms with E-state index >= 15 is 0 Å². The summed E-state index contributed by atoms with van der Waals surface area (Å²) >= 11 is 0. The van der Waals surface area contributed by atoms with E-state index in [4.69, 9.17) is 0 Å². The number of carbonyl (C=O) groups is 1. The van der Waals surface area contributed by atoms with Gasteiger partial charge in [-0.15, -0.1) is 0 Å². The average Bonchev–Trinajstić information content (AvgIpc) is 2.65. The van der Waals surface area contributed by atoms with Gasteiger partial charge in [-0.1, -0.05) is 12.5 Å². The fourth-order valence-corrected chi connectivity index (χ4v) is 3.16. The molecule has 6 heteroatoms. The smallest absolute Gasteiger partial charge is 0.276 e. The van der Waals surface area contributed by atoms with Gasteiger partial charge in [0.15, 0.2) is 0 Å². The molecule has 1 N–H and O–H groups in total. The molecular weight excluding hydrogens is 328 g/mol. The first-order valence-electron chi connectivity index (χ1n) is 9.22. The highest BCUT2D eigenvalue weighted by Gasteiger charge is 2.13. The number of nitrogens with one attached hydrogen (secondary N) is 1. The highest BCUT2D eigenvalue weighted by Crippen LogP contribution is 2.14. The predicted octanol–water partition coefficient (Wildman–Crippen LogP) is 2.60. The summed E-state index contributed by atoms with van der Waals surface area (Å²) < 4.78 is 1.39. The number of likely N-dealkylation sites (tertiary alicyclic amines) is 1. The Hall–Kier alpha value is -2.47. The lowest BCUT2D eigenvalue weighted by Crippen LogP contribution is -2.36. The van der Waals surface area contributed by atoms with Crippen molar-refractivity contribution in [1.82, 2.24) is 14.7 Å². The Bertz CT molecular complexity index is 838. The molecule has 0 spiro atoms. The van der Waals surface area contributed by atoms with Crippen LogP contribution in [-0.4, -0.2) is 40.2 Å². The monoisotopic (exact) mass is 354 g/mol. The molecule has 0 atom stereocenters. The molecule has 1 saturated heterocycles. The summed E-state index contributed by atoms with van der Waals surface area (Å²) in [5, 5.41) is 7.11. The number of nitrogens with zero attached hydrogens (tertiary/aromatic N) is 3. The van der Waals surface area contributed by atoms with Crippen LogP contribution in [0.25, 0.3) is 0 Å². The van der Waals surface area contributed by atoms with Gasteiger partial charge in [0.25, 0.3) is 11.5 Å². The molecule has 1 amide bonds. The third-order valence-corrected chi connectivity index (χ3v) is 4.94. The number of carbonyl (C=O) groups excluding carboxylic acids is 1. The second-order valence-corrected chi connectivity index (χ2v) is 6.94. The zero-order chi connectivity index (χ0) is 18.5. The minimum Gasteiger partial charge on any atom is -0.321 e. The van der Waals surface area contributed by atoms with Gasteiger partial charge >= 0.3 is 0 Å².